The van der Waals surface area contributed by atoms with Crippen molar-refractivity contribution in [3.05, 3.63) is 81.9 Å². The number of amides is 1. The summed E-state index contributed by atoms with van der Waals surface area (Å²) in [6.07, 6.45) is 0.0768. The van der Waals surface area contributed by atoms with Gasteiger partial charge in [-0.3, -0.25) is 4.79 Å². The van der Waals surface area contributed by atoms with Crippen molar-refractivity contribution >= 4 is 33.2 Å². The summed E-state index contributed by atoms with van der Waals surface area (Å²) in [6.45, 7) is 3.81. The summed E-state index contributed by atoms with van der Waals surface area (Å²) in [6, 6.07) is 16.0. The van der Waals surface area contributed by atoms with Crippen molar-refractivity contribution in [2.45, 2.75) is 25.2 Å². The van der Waals surface area contributed by atoms with Gasteiger partial charge in [-0.25, -0.2) is 13.6 Å². The second-order valence-corrected chi connectivity index (χ2v) is 9.22. The number of nitrogens with zero attached hydrogens (tertiary/aromatic N) is 1. The van der Waals surface area contributed by atoms with Gasteiger partial charge in [0.2, 0.25) is 15.9 Å². The molecule has 0 bridgehead atoms. The van der Waals surface area contributed by atoms with Crippen molar-refractivity contribution in [2.24, 2.45) is 5.14 Å². The fourth-order valence-electron chi connectivity index (χ4n) is 3.04. The Hall–Kier alpha value is -3.38. The van der Waals surface area contributed by atoms with Gasteiger partial charge in [0.05, 0.1) is 22.9 Å². The van der Waals surface area contributed by atoms with Crippen molar-refractivity contribution in [3.63, 3.8) is 0 Å². The highest BCUT2D eigenvalue weighted by Gasteiger charge is 2.12. The molecule has 164 valence electrons. The average molecular weight is 470 g/mol. The van der Waals surface area contributed by atoms with E-state index in [0.717, 1.165) is 16.7 Å². The van der Waals surface area contributed by atoms with Crippen LogP contribution in [0.2, 0.25) is 5.02 Å². The number of aryl methyl sites for hydroxylation is 1. The Morgan fingerprint density at radius 1 is 1.12 bits per heavy atom. The number of carbonyl (C=O) groups excluding carboxylic acids is 1. The van der Waals surface area contributed by atoms with Crippen LogP contribution in [-0.4, -0.2) is 14.3 Å². The Labute approximate surface area is 191 Å². The van der Waals surface area contributed by atoms with Gasteiger partial charge >= 0.3 is 0 Å². The summed E-state index contributed by atoms with van der Waals surface area (Å²) >= 11 is 6.05. The zero-order valence-electron chi connectivity index (χ0n) is 17.3. The van der Waals surface area contributed by atoms with Gasteiger partial charge in [0, 0.05) is 10.7 Å². The molecule has 0 aliphatic rings. The molecule has 0 aliphatic heterocycles. The molecule has 0 atom stereocenters. The average Bonchev–Trinajstić information content (AvgIpc) is 2.70. The Bertz CT molecular complexity index is 1330. The fourth-order valence-corrected chi connectivity index (χ4v) is 3.78. The zero-order valence-corrected chi connectivity index (χ0v) is 18.9. The molecule has 32 heavy (non-hydrogen) atoms. The monoisotopic (exact) mass is 469 g/mol. The zero-order chi connectivity index (χ0) is 23.5. The van der Waals surface area contributed by atoms with Gasteiger partial charge in [0.25, 0.3) is 0 Å². The number of primary sulfonamides is 1. The number of nitrogens with two attached hydrogens (primary N) is 1. The number of anilines is 1. The van der Waals surface area contributed by atoms with Crippen LogP contribution in [-0.2, 0) is 21.2 Å². The highest BCUT2D eigenvalue weighted by molar-refractivity contribution is 7.89. The quantitative estimate of drug-likeness (QED) is 0.552. The lowest BCUT2D eigenvalue weighted by atomic mass is 10.0. The van der Waals surface area contributed by atoms with E-state index in [0.29, 0.717) is 27.8 Å². The number of nitrogens with one attached hydrogen (secondary N) is 1. The predicted molar refractivity (Wildman–Crippen MR) is 122 cm³/mol. The normalized spacial score (nSPS) is 11.0. The lowest BCUT2D eigenvalue weighted by Crippen LogP contribution is -2.15. The summed E-state index contributed by atoms with van der Waals surface area (Å²) < 4.78 is 28.6. The van der Waals surface area contributed by atoms with E-state index in [-0.39, 0.29) is 17.2 Å². The largest absolute Gasteiger partial charge is 0.457 e. The maximum atomic E-state index is 12.5. The molecule has 3 N–H and O–H groups in total. The number of sulfonamides is 1. The summed E-state index contributed by atoms with van der Waals surface area (Å²) in [5.74, 6) is 0.696. The molecule has 0 unspecified atom stereocenters. The van der Waals surface area contributed by atoms with E-state index in [4.69, 9.17) is 26.7 Å². The van der Waals surface area contributed by atoms with E-state index in [1.54, 1.807) is 24.3 Å². The molecule has 0 spiro atoms. The van der Waals surface area contributed by atoms with Crippen molar-refractivity contribution in [1.82, 2.24) is 0 Å². The number of halogens is 1. The Morgan fingerprint density at radius 2 is 1.81 bits per heavy atom. The third kappa shape index (κ3) is 5.86. The molecule has 0 saturated carbocycles. The molecule has 9 heteroatoms. The second-order valence-electron chi connectivity index (χ2n) is 7.22. The van der Waals surface area contributed by atoms with Crippen LogP contribution in [0, 0.1) is 25.2 Å². The highest BCUT2D eigenvalue weighted by atomic mass is 35.5. The minimum absolute atomic E-state index is 0.0352. The molecule has 0 aromatic heterocycles. The maximum absolute atomic E-state index is 12.5. The van der Waals surface area contributed by atoms with Gasteiger partial charge in [-0.15, -0.1) is 0 Å². The van der Waals surface area contributed by atoms with E-state index in [1.807, 2.05) is 26.0 Å². The van der Waals surface area contributed by atoms with Crippen LogP contribution in [0.15, 0.2) is 59.5 Å². The first-order valence-corrected chi connectivity index (χ1v) is 11.4. The first-order chi connectivity index (χ1) is 15.0. The summed E-state index contributed by atoms with van der Waals surface area (Å²) in [4.78, 5) is 12.5. The van der Waals surface area contributed by atoms with E-state index in [9.17, 15) is 13.2 Å². The molecule has 0 saturated heterocycles. The number of rotatable bonds is 6. The van der Waals surface area contributed by atoms with Crippen molar-refractivity contribution in [1.29, 1.82) is 5.26 Å². The van der Waals surface area contributed by atoms with Gasteiger partial charge in [-0.2, -0.15) is 5.26 Å². The Balaban J connectivity index is 1.77. The fraction of sp³-hybridized carbons (Fsp3) is 0.130. The van der Waals surface area contributed by atoms with Gasteiger partial charge in [-0.1, -0.05) is 17.7 Å². The van der Waals surface area contributed by atoms with Crippen LogP contribution < -0.4 is 15.2 Å². The molecule has 3 aromatic carbocycles. The standard InChI is InChI=1S/C23H20ClN3O4S/c1-14-7-16(11-23(28)27-19-3-5-21(6-4-19)32(26,29)30)10-22(15(14)2)31-20-9-17(13-25)8-18(24)12-20/h3-10,12H,11H2,1-2H3,(H,27,28)(H2,26,29,30). The van der Waals surface area contributed by atoms with Crippen molar-refractivity contribution in [3.8, 4) is 17.6 Å². The topological polar surface area (TPSA) is 122 Å². The number of carbonyl (C=O) groups is 1. The predicted octanol–water partition coefficient (Wildman–Crippen LogP) is 4.45. The molecule has 0 radical (unpaired) electrons. The van der Waals surface area contributed by atoms with E-state index >= 15 is 0 Å². The van der Waals surface area contributed by atoms with Gasteiger partial charge < -0.3 is 10.1 Å². The molecule has 3 aromatic rings. The van der Waals surface area contributed by atoms with Crippen LogP contribution in [0.1, 0.15) is 22.3 Å². The minimum atomic E-state index is -3.80. The van der Waals surface area contributed by atoms with Crippen LogP contribution in [0.3, 0.4) is 0 Å². The van der Waals surface area contributed by atoms with Crippen LogP contribution in [0.5, 0.6) is 11.5 Å². The number of hydrogen-bond acceptors (Lipinski definition) is 5. The molecule has 1 amide bonds. The third-order valence-corrected chi connectivity index (χ3v) is 5.89. The van der Waals surface area contributed by atoms with Crippen molar-refractivity contribution < 1.29 is 17.9 Å². The van der Waals surface area contributed by atoms with Crippen LogP contribution in [0.25, 0.3) is 0 Å². The first-order valence-electron chi connectivity index (χ1n) is 9.46. The SMILES string of the molecule is Cc1cc(CC(=O)Nc2ccc(S(N)(=O)=O)cc2)cc(Oc2cc(Cl)cc(C#N)c2)c1C. The number of ether oxygens (including phenoxy) is 1. The van der Waals surface area contributed by atoms with E-state index < -0.39 is 10.0 Å². The summed E-state index contributed by atoms with van der Waals surface area (Å²) in [7, 11) is -3.80. The van der Waals surface area contributed by atoms with Gasteiger partial charge in [0.1, 0.15) is 11.5 Å². The maximum Gasteiger partial charge on any atom is 0.238 e. The lowest BCUT2D eigenvalue weighted by Gasteiger charge is -2.14. The second kappa shape index (κ2) is 9.40. The van der Waals surface area contributed by atoms with Crippen molar-refractivity contribution in [2.75, 3.05) is 5.32 Å². The molecular weight excluding hydrogens is 450 g/mol. The smallest absolute Gasteiger partial charge is 0.238 e. The van der Waals surface area contributed by atoms with E-state index in [1.165, 1.54) is 24.3 Å². The van der Waals surface area contributed by atoms with Gasteiger partial charge in [0.15, 0.2) is 0 Å². The molecule has 0 heterocycles. The molecule has 7 nitrogen and oxygen atoms in total. The summed E-state index contributed by atoms with van der Waals surface area (Å²) in [5, 5.41) is 17.3. The number of benzene rings is 3. The van der Waals surface area contributed by atoms with Crippen LogP contribution >= 0.6 is 11.6 Å². The summed E-state index contributed by atoms with van der Waals surface area (Å²) in [5.41, 5.74) is 3.39. The van der Waals surface area contributed by atoms with E-state index in [2.05, 4.69) is 5.32 Å². The lowest BCUT2D eigenvalue weighted by molar-refractivity contribution is -0.115. The number of hydrogen-bond donors (Lipinski definition) is 2. The van der Waals surface area contributed by atoms with Crippen LogP contribution in [0.4, 0.5) is 5.69 Å². The first kappa shape index (κ1) is 23.3. The molecule has 0 aliphatic carbocycles. The van der Waals surface area contributed by atoms with Gasteiger partial charge in [-0.05, 0) is 79.1 Å². The Morgan fingerprint density at radius 3 is 2.44 bits per heavy atom. The Kier molecular flexibility index (Phi) is 6.84. The minimum Gasteiger partial charge on any atom is -0.457 e. The molecular formula is C23H20ClN3O4S. The third-order valence-electron chi connectivity index (χ3n) is 4.74. The molecule has 0 fully saturated rings. The number of nitriles is 1. The highest BCUT2D eigenvalue weighted by Crippen LogP contribution is 2.31. The molecule has 3 rings (SSSR count).